The molecule has 8 heteroatoms. The Morgan fingerprint density at radius 2 is 1.87 bits per heavy atom. The number of halogens is 1. The average Bonchev–Trinajstić information content (AvgIpc) is 2.81. The van der Waals surface area contributed by atoms with Crippen molar-refractivity contribution in [3.05, 3.63) is 59.4 Å². The van der Waals surface area contributed by atoms with Gasteiger partial charge in [0.2, 0.25) is 0 Å². The summed E-state index contributed by atoms with van der Waals surface area (Å²) in [6.45, 7) is 1.60. The summed E-state index contributed by atoms with van der Waals surface area (Å²) in [5, 5.41) is 18.2. The molecule has 1 aliphatic rings. The lowest BCUT2D eigenvalue weighted by atomic mass is 10.1. The molecule has 31 heavy (non-hydrogen) atoms. The van der Waals surface area contributed by atoms with Crippen LogP contribution in [0.3, 0.4) is 0 Å². The molecule has 2 aromatic carbocycles. The van der Waals surface area contributed by atoms with Gasteiger partial charge in [0.25, 0.3) is 5.91 Å². The number of rotatable bonds is 6. The van der Waals surface area contributed by atoms with Crippen LogP contribution in [0.1, 0.15) is 5.56 Å². The van der Waals surface area contributed by atoms with E-state index < -0.39 is 0 Å². The predicted octanol–water partition coefficient (Wildman–Crippen LogP) is 2.99. The highest BCUT2D eigenvalue weighted by Gasteiger charge is 2.25. The number of piperazine rings is 1. The Labute approximate surface area is 180 Å². The van der Waals surface area contributed by atoms with Crippen LogP contribution in [-0.4, -0.2) is 50.7 Å². The maximum absolute atomic E-state index is 14.0. The van der Waals surface area contributed by atoms with Crippen molar-refractivity contribution in [3.63, 3.8) is 0 Å². The normalized spacial score (nSPS) is 13.9. The lowest BCUT2D eigenvalue weighted by molar-refractivity contribution is -0.126. The highest BCUT2D eigenvalue weighted by atomic mass is 19.1. The maximum atomic E-state index is 14.0. The number of ether oxygens (including phenoxy) is 2. The van der Waals surface area contributed by atoms with Crippen molar-refractivity contribution in [2.75, 3.05) is 44.8 Å². The Hall–Kier alpha value is -4.04. The maximum Gasteiger partial charge on any atom is 0.264 e. The van der Waals surface area contributed by atoms with Gasteiger partial charge in [-0.15, -0.1) is 0 Å². The minimum atomic E-state index is -0.376. The minimum absolute atomic E-state index is 0.00733. The van der Waals surface area contributed by atoms with E-state index in [1.54, 1.807) is 41.3 Å². The summed E-state index contributed by atoms with van der Waals surface area (Å²) in [7, 11) is 1.47. The summed E-state index contributed by atoms with van der Waals surface area (Å²) >= 11 is 0. The fourth-order valence-electron chi connectivity index (χ4n) is 3.34. The van der Waals surface area contributed by atoms with Crippen LogP contribution in [0.5, 0.6) is 11.5 Å². The van der Waals surface area contributed by atoms with Gasteiger partial charge in [-0.3, -0.25) is 4.79 Å². The van der Waals surface area contributed by atoms with Crippen LogP contribution in [-0.2, 0) is 4.79 Å². The molecule has 1 heterocycles. The van der Waals surface area contributed by atoms with E-state index >= 15 is 0 Å². The quantitative estimate of drug-likeness (QED) is 0.527. The van der Waals surface area contributed by atoms with Crippen LogP contribution >= 0.6 is 0 Å². The standard InChI is InChI=1S/C23H21FN4O3/c1-30-22-15-17(6-7-21(22)31-13-8-25)14-18(16-26)23(29)28-11-9-27(10-12-28)20-5-3-2-4-19(20)24/h2-7,14-15H,9-13H2,1H3/b18-14+. The molecule has 1 amide bonds. The highest BCUT2D eigenvalue weighted by molar-refractivity contribution is 6.01. The van der Waals surface area contributed by atoms with Crippen molar-refractivity contribution in [1.82, 2.24) is 4.90 Å². The molecule has 1 fully saturated rings. The summed E-state index contributed by atoms with van der Waals surface area (Å²) in [6, 6.07) is 15.3. The smallest absolute Gasteiger partial charge is 0.264 e. The number of hydrogen-bond acceptors (Lipinski definition) is 6. The largest absolute Gasteiger partial charge is 0.493 e. The van der Waals surface area contributed by atoms with E-state index in [0.29, 0.717) is 48.9 Å². The van der Waals surface area contributed by atoms with Gasteiger partial charge in [0.05, 0.1) is 12.8 Å². The molecule has 7 nitrogen and oxygen atoms in total. The first-order valence-electron chi connectivity index (χ1n) is 9.65. The zero-order chi connectivity index (χ0) is 22.2. The average molecular weight is 420 g/mol. The van der Waals surface area contributed by atoms with E-state index in [1.807, 2.05) is 17.0 Å². The van der Waals surface area contributed by atoms with Crippen LogP contribution in [0, 0.1) is 28.5 Å². The first kappa shape index (κ1) is 21.7. The summed E-state index contributed by atoms with van der Waals surface area (Å²) in [5.41, 5.74) is 1.10. The number of nitriles is 2. The van der Waals surface area contributed by atoms with Crippen LogP contribution in [0.25, 0.3) is 6.08 Å². The van der Waals surface area contributed by atoms with Crippen molar-refractivity contribution in [2.45, 2.75) is 0 Å². The zero-order valence-electron chi connectivity index (χ0n) is 17.0. The molecule has 0 atom stereocenters. The molecule has 0 radical (unpaired) electrons. The molecule has 0 saturated carbocycles. The van der Waals surface area contributed by atoms with Gasteiger partial charge in [0.1, 0.15) is 23.5 Å². The van der Waals surface area contributed by atoms with Crippen LogP contribution in [0.15, 0.2) is 48.0 Å². The molecule has 0 spiro atoms. The summed E-state index contributed by atoms with van der Waals surface area (Å²) in [4.78, 5) is 16.3. The third-order valence-electron chi connectivity index (χ3n) is 4.90. The van der Waals surface area contributed by atoms with E-state index in [2.05, 4.69) is 0 Å². The zero-order valence-corrected chi connectivity index (χ0v) is 17.0. The second-order valence-corrected chi connectivity index (χ2v) is 6.76. The molecule has 0 N–H and O–H groups in total. The number of hydrogen-bond donors (Lipinski definition) is 0. The van der Waals surface area contributed by atoms with Gasteiger partial charge < -0.3 is 19.3 Å². The van der Waals surface area contributed by atoms with E-state index in [9.17, 15) is 14.4 Å². The van der Waals surface area contributed by atoms with Crippen molar-refractivity contribution < 1.29 is 18.7 Å². The highest BCUT2D eigenvalue weighted by Crippen LogP contribution is 2.29. The van der Waals surface area contributed by atoms with Crippen molar-refractivity contribution >= 4 is 17.7 Å². The lowest BCUT2D eigenvalue weighted by Crippen LogP contribution is -2.49. The Morgan fingerprint density at radius 1 is 1.13 bits per heavy atom. The topological polar surface area (TPSA) is 89.6 Å². The lowest BCUT2D eigenvalue weighted by Gasteiger charge is -2.36. The third-order valence-corrected chi connectivity index (χ3v) is 4.90. The Kier molecular flexibility index (Phi) is 7.08. The van der Waals surface area contributed by atoms with Gasteiger partial charge in [-0.25, -0.2) is 4.39 Å². The van der Waals surface area contributed by atoms with E-state index in [4.69, 9.17) is 14.7 Å². The van der Waals surface area contributed by atoms with E-state index in [-0.39, 0.29) is 23.9 Å². The van der Waals surface area contributed by atoms with Crippen molar-refractivity contribution in [1.29, 1.82) is 10.5 Å². The number of nitrogens with zero attached hydrogens (tertiary/aromatic N) is 4. The van der Waals surface area contributed by atoms with Gasteiger partial charge in [-0.2, -0.15) is 10.5 Å². The number of para-hydroxylation sites is 1. The predicted molar refractivity (Wildman–Crippen MR) is 113 cm³/mol. The van der Waals surface area contributed by atoms with Gasteiger partial charge in [-0.05, 0) is 35.9 Å². The number of benzene rings is 2. The van der Waals surface area contributed by atoms with Crippen molar-refractivity contribution in [2.24, 2.45) is 0 Å². The summed E-state index contributed by atoms with van der Waals surface area (Å²) < 4.78 is 24.5. The second-order valence-electron chi connectivity index (χ2n) is 6.76. The van der Waals surface area contributed by atoms with Crippen LogP contribution in [0.4, 0.5) is 10.1 Å². The van der Waals surface area contributed by atoms with E-state index in [1.165, 1.54) is 19.3 Å². The molecule has 0 aliphatic carbocycles. The van der Waals surface area contributed by atoms with Crippen molar-refractivity contribution in [3.8, 4) is 23.6 Å². The molecule has 0 unspecified atom stereocenters. The first-order chi connectivity index (χ1) is 15.1. The van der Waals surface area contributed by atoms with Gasteiger partial charge in [0.15, 0.2) is 18.1 Å². The summed E-state index contributed by atoms with van der Waals surface area (Å²) in [5.74, 6) is 0.123. The van der Waals surface area contributed by atoms with Gasteiger partial charge in [-0.1, -0.05) is 18.2 Å². The SMILES string of the molecule is COc1cc(/C=C(\C#N)C(=O)N2CCN(c3ccccc3F)CC2)ccc1OCC#N. The molecule has 0 bridgehead atoms. The fraction of sp³-hybridized carbons (Fsp3) is 0.261. The molecule has 158 valence electrons. The number of anilines is 1. The number of amides is 1. The monoisotopic (exact) mass is 420 g/mol. The number of methoxy groups -OCH3 is 1. The molecular weight excluding hydrogens is 399 g/mol. The second kappa shape index (κ2) is 10.1. The molecule has 3 rings (SSSR count). The number of carbonyl (C=O) groups excluding carboxylic acids is 1. The molecule has 0 aromatic heterocycles. The van der Waals surface area contributed by atoms with Gasteiger partial charge in [0, 0.05) is 26.2 Å². The first-order valence-corrected chi connectivity index (χ1v) is 9.65. The molecule has 2 aromatic rings. The molecular formula is C23H21FN4O3. The number of carbonyl (C=O) groups is 1. The minimum Gasteiger partial charge on any atom is -0.493 e. The Morgan fingerprint density at radius 3 is 2.52 bits per heavy atom. The molecule has 1 aliphatic heterocycles. The summed E-state index contributed by atoms with van der Waals surface area (Å²) in [6.07, 6.45) is 1.49. The van der Waals surface area contributed by atoms with Crippen LogP contribution < -0.4 is 14.4 Å². The Balaban J connectivity index is 1.71. The van der Waals surface area contributed by atoms with Crippen LogP contribution in [0.2, 0.25) is 0 Å². The third kappa shape index (κ3) is 5.12. The fourth-order valence-corrected chi connectivity index (χ4v) is 3.34. The Bertz CT molecular complexity index is 1060. The molecule has 1 saturated heterocycles. The van der Waals surface area contributed by atoms with E-state index in [0.717, 1.165) is 0 Å². The van der Waals surface area contributed by atoms with Gasteiger partial charge >= 0.3 is 0 Å².